The van der Waals surface area contributed by atoms with E-state index in [2.05, 4.69) is 19.1 Å². The summed E-state index contributed by atoms with van der Waals surface area (Å²) in [6.45, 7) is 3.93. The summed E-state index contributed by atoms with van der Waals surface area (Å²) in [6, 6.07) is 11.9. The maximum atomic E-state index is 9.96. The average Bonchev–Trinajstić information content (AvgIpc) is 2.68. The second-order valence-electron chi connectivity index (χ2n) is 4.15. The van der Waals surface area contributed by atoms with Crippen molar-refractivity contribution in [3.8, 4) is 0 Å². The van der Waals surface area contributed by atoms with Gasteiger partial charge in [-0.1, -0.05) is 29.8 Å². The number of rotatable bonds is 3. The molecule has 1 aromatic heterocycles. The molecule has 0 aliphatic heterocycles. The fraction of sp³-hybridized carbons (Fsp3) is 0.286. The van der Waals surface area contributed by atoms with E-state index < -0.39 is 6.10 Å². The molecule has 1 unspecified atom stereocenters. The van der Waals surface area contributed by atoms with Gasteiger partial charge in [0, 0.05) is 6.42 Å². The third-order valence-electron chi connectivity index (χ3n) is 2.64. The minimum Gasteiger partial charge on any atom is -0.464 e. The van der Waals surface area contributed by atoms with Crippen LogP contribution in [0, 0.1) is 13.8 Å². The van der Waals surface area contributed by atoms with Crippen molar-refractivity contribution in [2.24, 2.45) is 0 Å². The van der Waals surface area contributed by atoms with Gasteiger partial charge in [0.05, 0.1) is 0 Å². The molecule has 1 N–H and O–H groups in total. The second-order valence-corrected chi connectivity index (χ2v) is 4.15. The summed E-state index contributed by atoms with van der Waals surface area (Å²) in [5, 5.41) is 9.96. The number of furan rings is 1. The molecule has 1 aromatic carbocycles. The lowest BCUT2D eigenvalue weighted by atomic mass is 10.1. The molecule has 1 atom stereocenters. The van der Waals surface area contributed by atoms with Crippen LogP contribution in [0.25, 0.3) is 0 Å². The van der Waals surface area contributed by atoms with Crippen molar-refractivity contribution in [2.45, 2.75) is 26.4 Å². The number of aliphatic hydroxyl groups excluding tert-OH is 1. The Morgan fingerprint density at radius 1 is 1.06 bits per heavy atom. The molecule has 2 aromatic rings. The Morgan fingerprint density at radius 3 is 2.31 bits per heavy atom. The van der Waals surface area contributed by atoms with Crippen LogP contribution in [0.2, 0.25) is 0 Å². The highest BCUT2D eigenvalue weighted by atomic mass is 16.4. The number of benzene rings is 1. The summed E-state index contributed by atoms with van der Waals surface area (Å²) < 4.78 is 5.39. The predicted molar refractivity (Wildman–Crippen MR) is 63.3 cm³/mol. The van der Waals surface area contributed by atoms with Gasteiger partial charge in [0.2, 0.25) is 0 Å². The van der Waals surface area contributed by atoms with Crippen molar-refractivity contribution in [2.75, 3.05) is 0 Å². The topological polar surface area (TPSA) is 33.4 Å². The van der Waals surface area contributed by atoms with Gasteiger partial charge in [0.15, 0.2) is 0 Å². The molecule has 0 fully saturated rings. The molecule has 0 radical (unpaired) electrons. The Bertz CT molecular complexity index is 454. The van der Waals surface area contributed by atoms with Crippen LogP contribution in [-0.2, 0) is 6.42 Å². The van der Waals surface area contributed by atoms with E-state index in [-0.39, 0.29) is 0 Å². The summed E-state index contributed by atoms with van der Waals surface area (Å²) in [4.78, 5) is 0. The minimum absolute atomic E-state index is 0.559. The molecule has 84 valence electrons. The highest BCUT2D eigenvalue weighted by Gasteiger charge is 2.11. The molecule has 16 heavy (non-hydrogen) atoms. The SMILES string of the molecule is Cc1ccc(CC(O)c2ccc(C)o2)cc1. The summed E-state index contributed by atoms with van der Waals surface area (Å²) in [6.07, 6.45) is 0.0316. The molecule has 2 heteroatoms. The Labute approximate surface area is 95.5 Å². The Kier molecular flexibility index (Phi) is 3.11. The summed E-state index contributed by atoms with van der Waals surface area (Å²) in [7, 11) is 0. The molecule has 0 bridgehead atoms. The smallest absolute Gasteiger partial charge is 0.132 e. The highest BCUT2D eigenvalue weighted by Crippen LogP contribution is 2.20. The first-order valence-corrected chi connectivity index (χ1v) is 5.45. The Morgan fingerprint density at radius 2 is 1.75 bits per heavy atom. The molecule has 0 saturated carbocycles. The van der Waals surface area contributed by atoms with Crippen LogP contribution in [0.4, 0.5) is 0 Å². The number of aryl methyl sites for hydroxylation is 2. The van der Waals surface area contributed by atoms with E-state index in [9.17, 15) is 5.11 Å². The van der Waals surface area contributed by atoms with Gasteiger partial charge in [0.25, 0.3) is 0 Å². The van der Waals surface area contributed by atoms with Gasteiger partial charge in [0.1, 0.15) is 17.6 Å². The van der Waals surface area contributed by atoms with Crippen LogP contribution in [0.15, 0.2) is 40.8 Å². The zero-order valence-electron chi connectivity index (χ0n) is 9.60. The quantitative estimate of drug-likeness (QED) is 0.854. The first-order valence-electron chi connectivity index (χ1n) is 5.45. The molecule has 0 aliphatic rings. The van der Waals surface area contributed by atoms with E-state index in [1.807, 2.05) is 31.2 Å². The van der Waals surface area contributed by atoms with Gasteiger partial charge in [-0.05, 0) is 31.5 Å². The van der Waals surface area contributed by atoms with Crippen molar-refractivity contribution in [1.82, 2.24) is 0 Å². The van der Waals surface area contributed by atoms with Gasteiger partial charge in [-0.25, -0.2) is 0 Å². The summed E-state index contributed by atoms with van der Waals surface area (Å²) in [5.74, 6) is 1.47. The lowest BCUT2D eigenvalue weighted by Gasteiger charge is -2.07. The highest BCUT2D eigenvalue weighted by molar-refractivity contribution is 5.23. The normalized spacial score (nSPS) is 12.7. The Hall–Kier alpha value is -1.54. The predicted octanol–water partition coefficient (Wildman–Crippen LogP) is 3.17. The molecular weight excluding hydrogens is 200 g/mol. The fourth-order valence-electron chi connectivity index (χ4n) is 1.68. The second kappa shape index (κ2) is 4.54. The van der Waals surface area contributed by atoms with Crippen molar-refractivity contribution >= 4 is 0 Å². The molecule has 2 rings (SSSR count). The Balaban J connectivity index is 2.07. The average molecular weight is 216 g/mol. The van der Waals surface area contributed by atoms with Crippen molar-refractivity contribution in [3.05, 3.63) is 59.0 Å². The summed E-state index contributed by atoms with van der Waals surface area (Å²) in [5.41, 5.74) is 2.35. The van der Waals surface area contributed by atoms with E-state index in [1.165, 1.54) is 5.56 Å². The molecule has 0 aliphatic carbocycles. The third kappa shape index (κ3) is 2.52. The molecule has 0 spiro atoms. The standard InChI is InChI=1S/C14H16O2/c1-10-3-6-12(7-4-10)9-13(15)14-8-5-11(2)16-14/h3-8,13,15H,9H2,1-2H3. The monoisotopic (exact) mass is 216 g/mol. The van der Waals surface area contributed by atoms with Crippen LogP contribution in [-0.4, -0.2) is 5.11 Å². The van der Waals surface area contributed by atoms with Crippen molar-refractivity contribution < 1.29 is 9.52 Å². The van der Waals surface area contributed by atoms with Crippen LogP contribution >= 0.6 is 0 Å². The summed E-state index contributed by atoms with van der Waals surface area (Å²) >= 11 is 0. The third-order valence-corrected chi connectivity index (χ3v) is 2.64. The van der Waals surface area contributed by atoms with Crippen molar-refractivity contribution in [3.63, 3.8) is 0 Å². The van der Waals surface area contributed by atoms with Crippen molar-refractivity contribution in [1.29, 1.82) is 0 Å². The van der Waals surface area contributed by atoms with Gasteiger partial charge in [-0.3, -0.25) is 0 Å². The number of hydrogen-bond donors (Lipinski definition) is 1. The molecule has 1 heterocycles. The largest absolute Gasteiger partial charge is 0.464 e. The van der Waals surface area contributed by atoms with E-state index in [4.69, 9.17) is 4.42 Å². The zero-order chi connectivity index (χ0) is 11.5. The van der Waals surface area contributed by atoms with E-state index in [1.54, 1.807) is 0 Å². The van der Waals surface area contributed by atoms with Gasteiger partial charge < -0.3 is 9.52 Å². The molecule has 0 amide bonds. The van der Waals surface area contributed by atoms with Crippen LogP contribution < -0.4 is 0 Å². The van der Waals surface area contributed by atoms with Gasteiger partial charge >= 0.3 is 0 Å². The number of aliphatic hydroxyl groups is 1. The molecule has 0 saturated heterocycles. The van der Waals surface area contributed by atoms with Crippen LogP contribution in [0.1, 0.15) is 28.8 Å². The molecule has 2 nitrogen and oxygen atoms in total. The first kappa shape index (κ1) is 11.0. The maximum Gasteiger partial charge on any atom is 0.132 e. The minimum atomic E-state index is -0.559. The van der Waals surface area contributed by atoms with E-state index >= 15 is 0 Å². The van der Waals surface area contributed by atoms with Crippen LogP contribution in [0.3, 0.4) is 0 Å². The van der Waals surface area contributed by atoms with E-state index in [0.717, 1.165) is 11.3 Å². The first-order chi connectivity index (χ1) is 7.65. The lowest BCUT2D eigenvalue weighted by Crippen LogP contribution is -2.00. The van der Waals surface area contributed by atoms with Gasteiger partial charge in [-0.15, -0.1) is 0 Å². The molecular formula is C14H16O2. The van der Waals surface area contributed by atoms with Gasteiger partial charge in [-0.2, -0.15) is 0 Å². The number of hydrogen-bond acceptors (Lipinski definition) is 2. The van der Waals surface area contributed by atoms with E-state index in [0.29, 0.717) is 12.2 Å². The maximum absolute atomic E-state index is 9.96. The van der Waals surface area contributed by atoms with Crippen LogP contribution in [0.5, 0.6) is 0 Å². The lowest BCUT2D eigenvalue weighted by molar-refractivity contribution is 0.149. The fourth-order valence-corrected chi connectivity index (χ4v) is 1.68. The zero-order valence-corrected chi connectivity index (χ0v) is 9.60.